The lowest BCUT2D eigenvalue weighted by Crippen LogP contribution is -2.62. The fourth-order valence-corrected chi connectivity index (χ4v) is 9.77. The highest BCUT2D eigenvalue weighted by Gasteiger charge is 2.37. The highest BCUT2D eigenvalue weighted by atomic mass is 35.7. The zero-order valence-corrected chi connectivity index (χ0v) is 21.7. The maximum absolute atomic E-state index is 11.8. The lowest BCUT2D eigenvalue weighted by molar-refractivity contribution is -1.92. The van der Waals surface area contributed by atoms with E-state index in [1.807, 2.05) is 97.1 Å². The molecule has 0 bridgehead atoms. The zero-order valence-electron chi connectivity index (χ0n) is 19.2. The first-order valence-electron chi connectivity index (χ1n) is 11.4. The highest BCUT2D eigenvalue weighted by molar-refractivity contribution is 7.73. The van der Waals surface area contributed by atoms with Crippen LogP contribution in [0.2, 0.25) is 0 Å². The van der Waals surface area contributed by atoms with Crippen molar-refractivity contribution in [2.24, 2.45) is 0 Å². The van der Waals surface area contributed by atoms with Crippen LogP contribution in [0.25, 0.3) is 0 Å². The maximum Gasteiger partial charge on any atom is 0.239 e. The Labute approximate surface area is 211 Å². The van der Waals surface area contributed by atoms with Gasteiger partial charge in [0.15, 0.2) is 0 Å². The third-order valence-corrected chi connectivity index (χ3v) is 11.3. The maximum atomic E-state index is 11.8. The molecule has 0 aliphatic carbocycles. The summed E-state index contributed by atoms with van der Waals surface area (Å²) in [4.78, 5) is 0. The molecule has 0 saturated carbocycles. The Bertz CT molecular complexity index is 1060. The number of hydrogen-bond donors (Lipinski definition) is 0. The van der Waals surface area contributed by atoms with Gasteiger partial charge in [-0.15, -0.1) is 0 Å². The summed E-state index contributed by atoms with van der Waals surface area (Å²) in [7, 11) is -6.40. The van der Waals surface area contributed by atoms with Crippen LogP contribution in [0.5, 0.6) is 0 Å². The molecule has 0 heterocycles. The molecule has 0 aliphatic rings. The Kier molecular flexibility index (Phi) is 9.43. The van der Waals surface area contributed by atoms with E-state index in [1.54, 1.807) is 0 Å². The Morgan fingerprint density at radius 1 is 0.571 bits per heavy atom. The standard InChI is InChI=1S/C28H27ClO4P2/c30-29(31,32)33-28(35(26-18-9-3-10-19-26)27-20-11-4-12-21-27)22-13-23-34(24-14-5-1-6-15-24)25-16-7-2-8-17-25/h1-12,14-21,28H,13,22-23H2. The van der Waals surface area contributed by atoms with Gasteiger partial charge in [0.25, 0.3) is 0 Å². The largest absolute Gasteiger partial charge is 0.239 e. The average Bonchev–Trinajstić information content (AvgIpc) is 2.88. The second kappa shape index (κ2) is 12.7. The summed E-state index contributed by atoms with van der Waals surface area (Å²) in [6.45, 7) is 0. The van der Waals surface area contributed by atoms with E-state index in [4.69, 9.17) is 4.29 Å². The molecule has 0 amide bonds. The van der Waals surface area contributed by atoms with E-state index in [0.29, 0.717) is 6.42 Å². The zero-order chi connectivity index (χ0) is 24.5. The van der Waals surface area contributed by atoms with Gasteiger partial charge in [-0.25, -0.2) is 0 Å². The van der Waals surface area contributed by atoms with Crippen LogP contribution < -0.4 is 35.2 Å². The first kappa shape index (κ1) is 25.9. The van der Waals surface area contributed by atoms with E-state index in [9.17, 15) is 14.0 Å². The highest BCUT2D eigenvalue weighted by Crippen LogP contribution is 2.44. The summed E-state index contributed by atoms with van der Waals surface area (Å²) < 4.78 is 40.5. The lowest BCUT2D eigenvalue weighted by atomic mass is 10.3. The molecule has 4 rings (SSSR count). The molecule has 0 fully saturated rings. The van der Waals surface area contributed by atoms with Crippen molar-refractivity contribution in [2.45, 2.75) is 18.7 Å². The van der Waals surface area contributed by atoms with Gasteiger partial charge in [0.1, 0.15) is 0 Å². The Morgan fingerprint density at radius 3 is 1.31 bits per heavy atom. The van der Waals surface area contributed by atoms with Gasteiger partial charge in [0.2, 0.25) is 5.85 Å². The normalized spacial score (nSPS) is 12.7. The van der Waals surface area contributed by atoms with Crippen LogP contribution in [-0.4, -0.2) is 12.0 Å². The van der Waals surface area contributed by atoms with Gasteiger partial charge >= 0.3 is 0 Å². The van der Waals surface area contributed by atoms with Crippen molar-refractivity contribution in [1.29, 1.82) is 0 Å². The minimum absolute atomic E-state index is 0.461. The molecule has 0 N–H and O–H groups in total. The molecule has 0 radical (unpaired) electrons. The molecular weight excluding hydrogens is 498 g/mol. The molecule has 0 saturated heterocycles. The first-order valence-corrected chi connectivity index (χ1v) is 15.5. The number of hydrogen-bond acceptors (Lipinski definition) is 4. The molecule has 4 aromatic carbocycles. The van der Waals surface area contributed by atoms with Crippen LogP contribution in [0.3, 0.4) is 0 Å². The molecule has 0 spiro atoms. The molecule has 1 unspecified atom stereocenters. The Morgan fingerprint density at radius 2 is 0.943 bits per heavy atom. The molecule has 0 aromatic heterocycles. The summed E-state index contributed by atoms with van der Waals surface area (Å²) >= 11 is 0. The van der Waals surface area contributed by atoms with Crippen LogP contribution in [0.1, 0.15) is 12.8 Å². The van der Waals surface area contributed by atoms with Crippen molar-refractivity contribution in [3.8, 4) is 0 Å². The lowest BCUT2D eigenvalue weighted by Gasteiger charge is -2.27. The van der Waals surface area contributed by atoms with E-state index >= 15 is 0 Å². The van der Waals surface area contributed by atoms with Crippen molar-refractivity contribution in [2.75, 3.05) is 6.16 Å². The minimum atomic E-state index is -4.56. The molecule has 1 atom stereocenters. The van der Waals surface area contributed by atoms with Gasteiger partial charge in [-0.05, 0) is 48.1 Å². The molecule has 4 nitrogen and oxygen atoms in total. The molecule has 7 heteroatoms. The Hall–Kier alpha value is -2.13. The SMILES string of the molecule is [O-][Cl+3]([O-])([O-])OC(CCCP(c1ccccc1)c1ccccc1)P(c1ccccc1)c1ccccc1. The van der Waals surface area contributed by atoms with E-state index in [2.05, 4.69) is 24.3 Å². The van der Waals surface area contributed by atoms with Gasteiger partial charge in [0, 0.05) is 7.92 Å². The van der Waals surface area contributed by atoms with Gasteiger partial charge in [0.05, 0.1) is 14.5 Å². The first-order chi connectivity index (χ1) is 17.0. The van der Waals surface area contributed by atoms with Crippen molar-refractivity contribution in [3.63, 3.8) is 0 Å². The predicted octanol–water partition coefficient (Wildman–Crippen LogP) is 2.27. The van der Waals surface area contributed by atoms with E-state index in [-0.39, 0.29) is 0 Å². The van der Waals surface area contributed by atoms with E-state index < -0.39 is 31.9 Å². The topological polar surface area (TPSA) is 78.4 Å². The molecule has 4 aromatic rings. The van der Waals surface area contributed by atoms with Gasteiger partial charge < -0.3 is 0 Å². The number of halogens is 1. The monoisotopic (exact) mass is 524 g/mol. The predicted molar refractivity (Wildman–Crippen MR) is 137 cm³/mol. The molecule has 180 valence electrons. The quantitative estimate of drug-likeness (QED) is 0.282. The summed E-state index contributed by atoms with van der Waals surface area (Å²) in [5, 5.41) is 4.50. The van der Waals surface area contributed by atoms with Crippen molar-refractivity contribution in [1.82, 2.24) is 0 Å². The second-order valence-electron chi connectivity index (χ2n) is 7.93. The third kappa shape index (κ3) is 7.67. The smallest absolute Gasteiger partial charge is 0.183 e. The van der Waals surface area contributed by atoms with Crippen LogP contribution in [0, 0.1) is 10.2 Å². The van der Waals surface area contributed by atoms with Crippen molar-refractivity contribution >= 4 is 37.1 Å². The Balaban J connectivity index is 1.60. The van der Waals surface area contributed by atoms with E-state index in [0.717, 1.165) is 23.2 Å². The summed E-state index contributed by atoms with van der Waals surface area (Å²) in [5.74, 6) is -0.748. The second-order valence-corrected chi connectivity index (χ2v) is 13.5. The molecular formula is C28H27ClO4P2. The summed E-state index contributed by atoms with van der Waals surface area (Å²) in [6, 6.07) is 40.3. The van der Waals surface area contributed by atoms with E-state index in [1.165, 1.54) is 10.6 Å². The summed E-state index contributed by atoms with van der Waals surface area (Å²) in [6.07, 6.45) is 2.05. The van der Waals surface area contributed by atoms with Gasteiger partial charge in [-0.2, -0.15) is 14.0 Å². The van der Waals surface area contributed by atoms with Crippen LogP contribution in [0.4, 0.5) is 0 Å². The third-order valence-electron chi connectivity index (χ3n) is 5.54. The van der Waals surface area contributed by atoms with Crippen LogP contribution in [0.15, 0.2) is 121 Å². The van der Waals surface area contributed by atoms with Crippen molar-refractivity contribution in [3.05, 3.63) is 121 Å². The molecule has 0 aliphatic heterocycles. The van der Waals surface area contributed by atoms with Gasteiger partial charge in [-0.1, -0.05) is 121 Å². The fourth-order valence-electron chi connectivity index (χ4n) is 4.05. The fraction of sp³-hybridized carbons (Fsp3) is 0.143. The van der Waals surface area contributed by atoms with Gasteiger partial charge in [-0.3, -0.25) is 0 Å². The van der Waals surface area contributed by atoms with Crippen LogP contribution >= 0.6 is 15.8 Å². The average molecular weight is 525 g/mol. The summed E-state index contributed by atoms with van der Waals surface area (Å²) in [5.41, 5.74) is 0. The minimum Gasteiger partial charge on any atom is -0.183 e. The number of benzene rings is 4. The van der Waals surface area contributed by atoms with Crippen molar-refractivity contribution < 1.29 is 28.5 Å². The number of rotatable bonds is 11. The van der Waals surface area contributed by atoms with Crippen LogP contribution in [-0.2, 0) is 4.29 Å². The molecule has 35 heavy (non-hydrogen) atoms.